The first-order valence-corrected chi connectivity index (χ1v) is 7.25. The highest BCUT2D eigenvalue weighted by atomic mass is 35.5. The number of aryl methyl sites for hydroxylation is 1. The van der Waals surface area contributed by atoms with Crippen molar-refractivity contribution in [3.63, 3.8) is 0 Å². The third kappa shape index (κ3) is 4.15. The summed E-state index contributed by atoms with van der Waals surface area (Å²) in [5.74, 6) is 1.01. The Bertz CT molecular complexity index is 673. The van der Waals surface area contributed by atoms with Crippen LogP contribution in [0.2, 0.25) is 5.02 Å². The van der Waals surface area contributed by atoms with Gasteiger partial charge < -0.3 is 14.8 Å². The molecule has 1 atom stereocenters. The van der Waals surface area contributed by atoms with Crippen LogP contribution in [-0.4, -0.2) is 19.1 Å². The number of ether oxygens (including phenoxy) is 2. The van der Waals surface area contributed by atoms with Crippen molar-refractivity contribution in [3.05, 3.63) is 53.1 Å². The van der Waals surface area contributed by atoms with Crippen LogP contribution < -0.4 is 14.8 Å². The Balaban J connectivity index is 2.04. The molecule has 0 unspecified atom stereocenters. The fourth-order valence-corrected chi connectivity index (χ4v) is 2.07. The summed E-state index contributed by atoms with van der Waals surface area (Å²) < 4.78 is 10.8. The van der Waals surface area contributed by atoms with Gasteiger partial charge in [-0.3, -0.25) is 4.79 Å². The summed E-state index contributed by atoms with van der Waals surface area (Å²) in [6.45, 7) is 3.59. The van der Waals surface area contributed by atoms with E-state index in [0.29, 0.717) is 22.2 Å². The second-order valence-corrected chi connectivity index (χ2v) is 5.32. The van der Waals surface area contributed by atoms with Crippen LogP contribution in [-0.2, 0) is 4.79 Å². The zero-order valence-electron chi connectivity index (χ0n) is 12.7. The number of hydrogen-bond acceptors (Lipinski definition) is 3. The smallest absolute Gasteiger partial charge is 0.265 e. The molecule has 4 nitrogen and oxygen atoms in total. The standard InChI is InChI=1S/C17H18ClNO3/c1-11-7-8-13(18)9-16(11)19-17(20)12(2)22-15-6-4-5-14(10-15)21-3/h4-10,12H,1-3H3,(H,19,20)/t12-/m0/s1. The Morgan fingerprint density at radius 2 is 1.91 bits per heavy atom. The normalized spacial score (nSPS) is 11.6. The average molecular weight is 320 g/mol. The van der Waals surface area contributed by atoms with Crippen molar-refractivity contribution in [1.82, 2.24) is 0 Å². The number of methoxy groups -OCH3 is 1. The van der Waals surface area contributed by atoms with Gasteiger partial charge in [0.05, 0.1) is 7.11 Å². The first-order chi connectivity index (χ1) is 10.5. The lowest BCUT2D eigenvalue weighted by Crippen LogP contribution is -2.30. The number of rotatable bonds is 5. The highest BCUT2D eigenvalue weighted by molar-refractivity contribution is 6.31. The molecule has 22 heavy (non-hydrogen) atoms. The number of carbonyl (C=O) groups is 1. The molecule has 0 heterocycles. The molecule has 0 bridgehead atoms. The lowest BCUT2D eigenvalue weighted by molar-refractivity contribution is -0.122. The van der Waals surface area contributed by atoms with Crippen molar-refractivity contribution in [1.29, 1.82) is 0 Å². The van der Waals surface area contributed by atoms with Crippen LogP contribution in [0.5, 0.6) is 11.5 Å². The number of benzene rings is 2. The topological polar surface area (TPSA) is 47.6 Å². The highest BCUT2D eigenvalue weighted by Crippen LogP contribution is 2.22. The zero-order chi connectivity index (χ0) is 16.1. The average Bonchev–Trinajstić information content (AvgIpc) is 2.51. The van der Waals surface area contributed by atoms with Crippen molar-refractivity contribution in [3.8, 4) is 11.5 Å². The third-order valence-corrected chi connectivity index (χ3v) is 3.42. The Morgan fingerprint density at radius 3 is 2.64 bits per heavy atom. The number of carbonyl (C=O) groups excluding carboxylic acids is 1. The van der Waals surface area contributed by atoms with E-state index in [1.54, 1.807) is 44.4 Å². The maximum absolute atomic E-state index is 12.2. The van der Waals surface area contributed by atoms with Gasteiger partial charge in [-0.1, -0.05) is 23.7 Å². The highest BCUT2D eigenvalue weighted by Gasteiger charge is 2.16. The minimum absolute atomic E-state index is 0.242. The van der Waals surface area contributed by atoms with Crippen LogP contribution in [0.15, 0.2) is 42.5 Å². The second kappa shape index (κ2) is 7.18. The van der Waals surface area contributed by atoms with Gasteiger partial charge in [0.1, 0.15) is 11.5 Å². The minimum atomic E-state index is -0.648. The van der Waals surface area contributed by atoms with Gasteiger partial charge in [-0.2, -0.15) is 0 Å². The monoisotopic (exact) mass is 319 g/mol. The SMILES string of the molecule is COc1cccc(O[C@@H](C)C(=O)Nc2cc(Cl)ccc2C)c1. The molecule has 1 N–H and O–H groups in total. The zero-order valence-corrected chi connectivity index (χ0v) is 13.5. The minimum Gasteiger partial charge on any atom is -0.497 e. The lowest BCUT2D eigenvalue weighted by Gasteiger charge is -2.16. The van der Waals surface area contributed by atoms with Crippen molar-refractivity contribution in [2.45, 2.75) is 20.0 Å². The number of hydrogen-bond donors (Lipinski definition) is 1. The Labute approximate surface area is 135 Å². The predicted molar refractivity (Wildman–Crippen MR) is 87.9 cm³/mol. The third-order valence-electron chi connectivity index (χ3n) is 3.18. The summed E-state index contributed by atoms with van der Waals surface area (Å²) in [4.78, 5) is 12.2. The molecule has 0 aromatic heterocycles. The molecule has 0 radical (unpaired) electrons. The molecule has 0 saturated heterocycles. The number of amides is 1. The second-order valence-electron chi connectivity index (χ2n) is 4.89. The van der Waals surface area contributed by atoms with Gasteiger partial charge in [0, 0.05) is 16.8 Å². The molecule has 0 fully saturated rings. The summed E-state index contributed by atoms with van der Waals surface area (Å²) in [6.07, 6.45) is -0.648. The van der Waals surface area contributed by atoms with E-state index in [-0.39, 0.29) is 5.91 Å². The lowest BCUT2D eigenvalue weighted by atomic mass is 10.2. The quantitative estimate of drug-likeness (QED) is 0.904. The van der Waals surface area contributed by atoms with E-state index in [4.69, 9.17) is 21.1 Å². The van der Waals surface area contributed by atoms with E-state index in [9.17, 15) is 4.79 Å². The molecule has 5 heteroatoms. The molecule has 0 aliphatic heterocycles. The van der Waals surface area contributed by atoms with Gasteiger partial charge in [0.25, 0.3) is 5.91 Å². The summed E-state index contributed by atoms with van der Waals surface area (Å²) >= 11 is 5.95. The fraction of sp³-hybridized carbons (Fsp3) is 0.235. The largest absolute Gasteiger partial charge is 0.497 e. The maximum atomic E-state index is 12.2. The van der Waals surface area contributed by atoms with E-state index >= 15 is 0 Å². The molecule has 2 aromatic rings. The van der Waals surface area contributed by atoms with Crippen molar-refractivity contribution in [2.24, 2.45) is 0 Å². The molecule has 0 aliphatic carbocycles. The molecular formula is C17H18ClNO3. The number of halogens is 1. The van der Waals surface area contributed by atoms with Gasteiger partial charge in [-0.25, -0.2) is 0 Å². The summed E-state index contributed by atoms with van der Waals surface area (Å²) in [6, 6.07) is 12.5. The van der Waals surface area contributed by atoms with Crippen molar-refractivity contribution in [2.75, 3.05) is 12.4 Å². The van der Waals surface area contributed by atoms with Gasteiger partial charge in [0.2, 0.25) is 0 Å². The van der Waals surface area contributed by atoms with Crippen LogP contribution in [0.1, 0.15) is 12.5 Å². The molecular weight excluding hydrogens is 302 g/mol. The molecule has 116 valence electrons. The molecule has 2 aromatic carbocycles. The Hall–Kier alpha value is -2.20. The first kappa shape index (κ1) is 16.2. The molecule has 0 saturated carbocycles. The van der Waals surface area contributed by atoms with E-state index in [0.717, 1.165) is 5.56 Å². The van der Waals surface area contributed by atoms with Crippen LogP contribution >= 0.6 is 11.6 Å². The van der Waals surface area contributed by atoms with Crippen LogP contribution in [0.25, 0.3) is 0 Å². The summed E-state index contributed by atoms with van der Waals surface area (Å²) in [7, 11) is 1.58. The molecule has 0 aliphatic rings. The summed E-state index contributed by atoms with van der Waals surface area (Å²) in [5, 5.41) is 3.39. The van der Waals surface area contributed by atoms with Crippen LogP contribution in [0.3, 0.4) is 0 Å². The van der Waals surface area contributed by atoms with Gasteiger partial charge in [-0.05, 0) is 43.7 Å². The van der Waals surface area contributed by atoms with E-state index in [1.807, 2.05) is 19.1 Å². The van der Waals surface area contributed by atoms with Gasteiger partial charge in [0.15, 0.2) is 6.10 Å². The van der Waals surface area contributed by atoms with Crippen molar-refractivity contribution < 1.29 is 14.3 Å². The van der Waals surface area contributed by atoms with Crippen LogP contribution in [0, 0.1) is 6.92 Å². The molecule has 0 spiro atoms. The number of nitrogens with one attached hydrogen (secondary N) is 1. The van der Waals surface area contributed by atoms with Gasteiger partial charge in [-0.15, -0.1) is 0 Å². The maximum Gasteiger partial charge on any atom is 0.265 e. The molecule has 2 rings (SSSR count). The predicted octanol–water partition coefficient (Wildman–Crippen LogP) is 4.06. The van der Waals surface area contributed by atoms with E-state index in [2.05, 4.69) is 5.32 Å². The van der Waals surface area contributed by atoms with E-state index < -0.39 is 6.10 Å². The fourth-order valence-electron chi connectivity index (χ4n) is 1.90. The number of anilines is 1. The summed E-state index contributed by atoms with van der Waals surface area (Å²) in [5.41, 5.74) is 1.62. The van der Waals surface area contributed by atoms with Gasteiger partial charge >= 0.3 is 0 Å². The molecule has 1 amide bonds. The van der Waals surface area contributed by atoms with E-state index in [1.165, 1.54) is 0 Å². The Morgan fingerprint density at radius 1 is 1.18 bits per heavy atom. The van der Waals surface area contributed by atoms with Crippen molar-refractivity contribution >= 4 is 23.2 Å². The Kier molecular flexibility index (Phi) is 5.28. The first-order valence-electron chi connectivity index (χ1n) is 6.87. The van der Waals surface area contributed by atoms with Crippen LogP contribution in [0.4, 0.5) is 5.69 Å².